The van der Waals surface area contributed by atoms with Crippen LogP contribution in [0.25, 0.3) is 5.76 Å². The van der Waals surface area contributed by atoms with Crippen molar-refractivity contribution in [1.29, 1.82) is 0 Å². The molecule has 6 atom stereocenters. The van der Waals surface area contributed by atoms with Crippen molar-refractivity contribution in [2.75, 3.05) is 14.1 Å². The standard InChI is InChI=1S/C31H39NO8/c1-5-30(12-7-6-8-13-30)14-18(34)21-27(37)24(32(3)4)23-26(36)19-15(2)16-10-9-11-17(33)20(16)25(35)22(19)29(39)31(23,40)28(21)38/h9-11,15,19,23-24,26,33,35-36,38,40H,5-8,12-14H2,1-4H3/t15-,19-,23+,24-,26-,31+/m0/s1. The Labute approximate surface area is 233 Å². The van der Waals surface area contributed by atoms with Gasteiger partial charge in [-0.2, -0.15) is 0 Å². The zero-order valence-corrected chi connectivity index (χ0v) is 23.5. The Morgan fingerprint density at radius 2 is 1.73 bits per heavy atom. The number of carbonyl (C=O) groups is 3. The lowest BCUT2D eigenvalue weighted by Gasteiger charge is -2.54. The summed E-state index contributed by atoms with van der Waals surface area (Å²) in [5.41, 5.74) is -3.60. The summed E-state index contributed by atoms with van der Waals surface area (Å²) in [6, 6.07) is 3.33. The highest BCUT2D eigenvalue weighted by molar-refractivity contribution is 6.25. The summed E-state index contributed by atoms with van der Waals surface area (Å²) in [5, 5.41) is 57.1. The third-order valence-corrected chi connectivity index (χ3v) is 10.2. The Kier molecular flexibility index (Phi) is 7.00. The highest BCUT2D eigenvalue weighted by atomic mass is 16.4. The topological polar surface area (TPSA) is 156 Å². The molecule has 0 amide bonds. The average Bonchev–Trinajstić information content (AvgIpc) is 2.91. The SMILES string of the molecule is CCC1(CC(=O)C2=C(O)[C@@]3(O)C(=O)C4=C(O)c5c(O)cccc5[C@H](C)[C@@H]4[C@H](O)[C@H]3[C@H](N(C)C)C2=O)CCCCC1. The molecule has 9 heteroatoms. The molecule has 0 heterocycles. The van der Waals surface area contributed by atoms with Crippen molar-refractivity contribution >= 4 is 23.1 Å². The minimum absolute atomic E-state index is 0.00112. The second-order valence-electron chi connectivity index (χ2n) is 12.4. The van der Waals surface area contributed by atoms with Crippen LogP contribution in [0.3, 0.4) is 0 Å². The lowest BCUT2D eigenvalue weighted by molar-refractivity contribution is -0.169. The zero-order chi connectivity index (χ0) is 29.3. The number of aromatic hydroxyl groups is 1. The number of fused-ring (bicyclic) bond motifs is 3. The van der Waals surface area contributed by atoms with Crippen molar-refractivity contribution in [3.8, 4) is 5.75 Å². The molecular weight excluding hydrogens is 514 g/mol. The van der Waals surface area contributed by atoms with Gasteiger partial charge in [0.25, 0.3) is 0 Å². The molecule has 2 saturated carbocycles. The lowest BCUT2D eigenvalue weighted by atomic mass is 9.54. The van der Waals surface area contributed by atoms with E-state index in [2.05, 4.69) is 0 Å². The Hall–Kier alpha value is -3.01. The first kappa shape index (κ1) is 28.5. The number of aliphatic hydroxyl groups is 4. The number of Topliss-reactive ketones (excluding diaryl/α,β-unsaturated/α-hetero) is 3. The molecule has 4 aliphatic carbocycles. The number of rotatable bonds is 5. The predicted molar refractivity (Wildman–Crippen MR) is 147 cm³/mol. The van der Waals surface area contributed by atoms with Crippen molar-refractivity contribution in [3.05, 3.63) is 46.2 Å². The molecule has 9 nitrogen and oxygen atoms in total. The fourth-order valence-electron chi connectivity index (χ4n) is 7.99. The van der Waals surface area contributed by atoms with Gasteiger partial charge >= 0.3 is 0 Å². The van der Waals surface area contributed by atoms with Gasteiger partial charge in [-0.25, -0.2) is 0 Å². The molecule has 4 aliphatic rings. The highest BCUT2D eigenvalue weighted by Gasteiger charge is 2.68. The first-order valence-corrected chi connectivity index (χ1v) is 14.2. The van der Waals surface area contributed by atoms with E-state index >= 15 is 0 Å². The van der Waals surface area contributed by atoms with Crippen LogP contribution in [0.4, 0.5) is 0 Å². The maximum absolute atomic E-state index is 14.2. The molecule has 0 spiro atoms. The van der Waals surface area contributed by atoms with Gasteiger partial charge in [-0.15, -0.1) is 0 Å². The zero-order valence-electron chi connectivity index (χ0n) is 23.5. The molecule has 0 unspecified atom stereocenters. The molecule has 2 fully saturated rings. The number of phenolic OH excluding ortho intramolecular Hbond substituents is 1. The molecule has 0 saturated heterocycles. The number of carbonyl (C=O) groups excluding carboxylic acids is 3. The Morgan fingerprint density at radius 3 is 2.33 bits per heavy atom. The van der Waals surface area contributed by atoms with E-state index in [0.717, 1.165) is 32.1 Å². The number of likely N-dealkylation sites (N-methyl/N-ethyl adjacent to an activating group) is 1. The van der Waals surface area contributed by atoms with Crippen LogP contribution in [0.1, 0.15) is 75.8 Å². The van der Waals surface area contributed by atoms with E-state index in [-0.39, 0.29) is 28.7 Å². The molecule has 1 aromatic carbocycles. The van der Waals surface area contributed by atoms with E-state index in [4.69, 9.17) is 0 Å². The Balaban J connectivity index is 1.70. The summed E-state index contributed by atoms with van der Waals surface area (Å²) >= 11 is 0. The van der Waals surface area contributed by atoms with Crippen LogP contribution in [0, 0.1) is 17.3 Å². The van der Waals surface area contributed by atoms with Crippen LogP contribution in [0.5, 0.6) is 5.75 Å². The van der Waals surface area contributed by atoms with E-state index in [0.29, 0.717) is 12.0 Å². The van der Waals surface area contributed by atoms with Crippen molar-refractivity contribution < 1.29 is 39.9 Å². The Bertz CT molecular complexity index is 1340. The number of benzene rings is 1. The first-order valence-electron chi connectivity index (χ1n) is 14.2. The second kappa shape index (κ2) is 9.82. The molecule has 1 aromatic rings. The lowest BCUT2D eigenvalue weighted by Crippen LogP contribution is -2.70. The van der Waals surface area contributed by atoms with Gasteiger partial charge in [-0.05, 0) is 49.9 Å². The third-order valence-electron chi connectivity index (χ3n) is 10.2. The van der Waals surface area contributed by atoms with E-state index < -0.39 is 69.9 Å². The fourth-order valence-corrected chi connectivity index (χ4v) is 7.99. The monoisotopic (exact) mass is 553 g/mol. The van der Waals surface area contributed by atoms with E-state index in [1.54, 1.807) is 33.2 Å². The van der Waals surface area contributed by atoms with Crippen LogP contribution in [0.2, 0.25) is 0 Å². The van der Waals surface area contributed by atoms with Gasteiger partial charge in [0.1, 0.15) is 22.8 Å². The number of aliphatic hydroxyl groups excluding tert-OH is 3. The summed E-state index contributed by atoms with van der Waals surface area (Å²) in [6.45, 7) is 3.72. The fraction of sp³-hybridized carbons (Fsp3) is 0.581. The smallest absolute Gasteiger partial charge is 0.202 e. The number of ketones is 3. The van der Waals surface area contributed by atoms with Gasteiger partial charge < -0.3 is 25.5 Å². The van der Waals surface area contributed by atoms with Crippen LogP contribution in [-0.2, 0) is 14.4 Å². The number of hydrogen-bond acceptors (Lipinski definition) is 9. The predicted octanol–water partition coefficient (Wildman–Crippen LogP) is 3.33. The largest absolute Gasteiger partial charge is 0.508 e. The van der Waals surface area contributed by atoms with Gasteiger partial charge in [0.05, 0.1) is 23.6 Å². The molecule has 40 heavy (non-hydrogen) atoms. The van der Waals surface area contributed by atoms with Gasteiger partial charge in [-0.3, -0.25) is 19.3 Å². The van der Waals surface area contributed by atoms with Gasteiger partial charge in [0.2, 0.25) is 5.78 Å². The number of phenols is 1. The minimum Gasteiger partial charge on any atom is -0.508 e. The van der Waals surface area contributed by atoms with E-state index in [1.807, 2.05) is 6.92 Å². The first-order chi connectivity index (χ1) is 18.8. The molecule has 5 N–H and O–H groups in total. The molecule has 216 valence electrons. The summed E-state index contributed by atoms with van der Waals surface area (Å²) in [6.07, 6.45) is 3.76. The van der Waals surface area contributed by atoms with Crippen molar-refractivity contribution in [3.63, 3.8) is 0 Å². The summed E-state index contributed by atoms with van der Waals surface area (Å²) in [5.74, 6) is -7.52. The normalized spacial score (nSPS) is 33.5. The molecule has 0 aliphatic heterocycles. The molecule has 5 rings (SSSR count). The molecule has 0 radical (unpaired) electrons. The maximum atomic E-state index is 14.2. The average molecular weight is 554 g/mol. The van der Waals surface area contributed by atoms with E-state index in [1.165, 1.54) is 11.0 Å². The Morgan fingerprint density at radius 1 is 1.07 bits per heavy atom. The van der Waals surface area contributed by atoms with Crippen LogP contribution in [-0.4, -0.2) is 79.6 Å². The highest BCUT2D eigenvalue weighted by Crippen LogP contribution is 2.56. The minimum atomic E-state index is -2.83. The third kappa shape index (κ3) is 3.81. The van der Waals surface area contributed by atoms with Gasteiger partial charge in [0, 0.05) is 17.9 Å². The van der Waals surface area contributed by atoms with Crippen molar-refractivity contribution in [1.82, 2.24) is 4.90 Å². The number of hydrogen-bond donors (Lipinski definition) is 5. The van der Waals surface area contributed by atoms with Gasteiger partial charge in [-0.1, -0.05) is 51.7 Å². The quantitative estimate of drug-likeness (QED) is 0.345. The summed E-state index contributed by atoms with van der Waals surface area (Å²) < 4.78 is 0. The molecular formula is C31H39NO8. The van der Waals surface area contributed by atoms with Crippen molar-refractivity contribution in [2.24, 2.45) is 17.3 Å². The second-order valence-corrected chi connectivity index (χ2v) is 12.4. The van der Waals surface area contributed by atoms with E-state index in [9.17, 15) is 39.9 Å². The number of nitrogens with zero attached hydrogens (tertiary/aromatic N) is 1. The summed E-state index contributed by atoms with van der Waals surface area (Å²) in [7, 11) is 3.11. The molecule has 0 bridgehead atoms. The van der Waals surface area contributed by atoms with Crippen LogP contribution < -0.4 is 0 Å². The maximum Gasteiger partial charge on any atom is 0.202 e. The van der Waals surface area contributed by atoms with Crippen LogP contribution in [0.15, 0.2) is 35.1 Å². The van der Waals surface area contributed by atoms with Gasteiger partial charge in [0.15, 0.2) is 17.2 Å². The van der Waals surface area contributed by atoms with Crippen molar-refractivity contribution in [2.45, 2.75) is 82.5 Å². The molecule has 0 aromatic heterocycles. The van der Waals surface area contributed by atoms with Crippen LogP contribution >= 0.6 is 0 Å². The summed E-state index contributed by atoms with van der Waals surface area (Å²) in [4.78, 5) is 43.4.